The predicted octanol–water partition coefficient (Wildman–Crippen LogP) is 0.656. The molecule has 0 spiro atoms. The molecule has 2 aliphatic rings. The smallest absolute Gasteiger partial charge is 0.154 e. The summed E-state index contributed by atoms with van der Waals surface area (Å²) < 4.78 is 23.0. The average molecular weight is 261 g/mol. The monoisotopic (exact) mass is 261 g/mol. The number of aliphatic hydroxyl groups is 1. The highest BCUT2D eigenvalue weighted by atomic mass is 32.2. The summed E-state index contributed by atoms with van der Waals surface area (Å²) in [7, 11) is -3.03. The van der Waals surface area contributed by atoms with Gasteiger partial charge in [-0.25, -0.2) is 8.42 Å². The van der Waals surface area contributed by atoms with Gasteiger partial charge in [0.1, 0.15) is 0 Å². The zero-order valence-electron chi connectivity index (χ0n) is 10.7. The van der Waals surface area contributed by atoms with Crippen molar-refractivity contribution in [3.05, 3.63) is 0 Å². The van der Waals surface area contributed by atoms with Gasteiger partial charge in [0, 0.05) is 0 Å². The van der Waals surface area contributed by atoms with E-state index in [1.807, 2.05) is 0 Å². The molecule has 0 aromatic heterocycles. The van der Waals surface area contributed by atoms with Crippen LogP contribution in [-0.2, 0) is 9.84 Å². The molecular formula is C12H23NO3S. The molecule has 100 valence electrons. The second kappa shape index (κ2) is 4.52. The number of aliphatic hydroxyl groups excluding tert-OH is 1. The molecule has 2 fully saturated rings. The van der Waals surface area contributed by atoms with Crippen molar-refractivity contribution in [2.24, 2.45) is 5.41 Å². The van der Waals surface area contributed by atoms with Gasteiger partial charge in [-0.15, -0.1) is 0 Å². The topological polar surface area (TPSA) is 57.6 Å². The van der Waals surface area contributed by atoms with Crippen LogP contribution in [0.15, 0.2) is 0 Å². The van der Waals surface area contributed by atoms with E-state index in [0.717, 1.165) is 25.9 Å². The van der Waals surface area contributed by atoms with Crippen molar-refractivity contribution in [1.29, 1.82) is 0 Å². The molecule has 0 aliphatic carbocycles. The van der Waals surface area contributed by atoms with Gasteiger partial charge < -0.3 is 5.11 Å². The SMILES string of the molecule is CC1(C)CCCN([C@H]2CS(=O)(=O)C[C@@H]2O)CC1. The summed E-state index contributed by atoms with van der Waals surface area (Å²) in [6.45, 7) is 6.35. The number of hydrogen-bond donors (Lipinski definition) is 1. The summed E-state index contributed by atoms with van der Waals surface area (Å²) in [6, 6.07) is -0.172. The summed E-state index contributed by atoms with van der Waals surface area (Å²) >= 11 is 0. The molecule has 1 N–H and O–H groups in total. The lowest BCUT2D eigenvalue weighted by atomic mass is 9.85. The molecule has 5 heteroatoms. The molecule has 0 bridgehead atoms. The third-order valence-electron chi connectivity index (χ3n) is 4.14. The summed E-state index contributed by atoms with van der Waals surface area (Å²) in [5.41, 5.74) is 0.344. The number of nitrogens with zero attached hydrogens (tertiary/aromatic N) is 1. The van der Waals surface area contributed by atoms with Gasteiger partial charge in [-0.3, -0.25) is 4.90 Å². The predicted molar refractivity (Wildman–Crippen MR) is 67.7 cm³/mol. The minimum Gasteiger partial charge on any atom is -0.390 e. The lowest BCUT2D eigenvalue weighted by Crippen LogP contribution is -2.43. The van der Waals surface area contributed by atoms with E-state index in [1.165, 1.54) is 6.42 Å². The van der Waals surface area contributed by atoms with Gasteiger partial charge in [-0.2, -0.15) is 0 Å². The van der Waals surface area contributed by atoms with Gasteiger partial charge in [-0.1, -0.05) is 13.8 Å². The largest absolute Gasteiger partial charge is 0.390 e. The van der Waals surface area contributed by atoms with Gasteiger partial charge in [0.15, 0.2) is 9.84 Å². The molecule has 2 rings (SSSR count). The van der Waals surface area contributed by atoms with Crippen molar-refractivity contribution in [2.75, 3.05) is 24.6 Å². The van der Waals surface area contributed by atoms with Crippen LogP contribution in [-0.4, -0.2) is 55.2 Å². The Morgan fingerprint density at radius 1 is 1.18 bits per heavy atom. The Hall–Kier alpha value is -0.130. The minimum atomic E-state index is -3.03. The van der Waals surface area contributed by atoms with Crippen LogP contribution in [0.25, 0.3) is 0 Å². The summed E-state index contributed by atoms with van der Waals surface area (Å²) in [4.78, 5) is 2.18. The second-order valence-electron chi connectivity index (χ2n) is 6.27. The Kier molecular flexibility index (Phi) is 3.54. The first-order valence-corrected chi connectivity index (χ1v) is 8.24. The van der Waals surface area contributed by atoms with Crippen LogP contribution < -0.4 is 0 Å². The number of sulfone groups is 1. The number of rotatable bonds is 1. The van der Waals surface area contributed by atoms with E-state index in [0.29, 0.717) is 5.41 Å². The molecule has 0 unspecified atom stereocenters. The van der Waals surface area contributed by atoms with Crippen LogP contribution in [0.3, 0.4) is 0 Å². The van der Waals surface area contributed by atoms with Crippen molar-refractivity contribution in [3.63, 3.8) is 0 Å². The van der Waals surface area contributed by atoms with E-state index in [4.69, 9.17) is 0 Å². The highest BCUT2D eigenvalue weighted by Crippen LogP contribution is 2.31. The summed E-state index contributed by atoms with van der Waals surface area (Å²) in [5.74, 6) is 0.0756. The van der Waals surface area contributed by atoms with Gasteiger partial charge in [0.05, 0.1) is 23.7 Å². The lowest BCUT2D eigenvalue weighted by molar-refractivity contribution is 0.0834. The molecule has 0 saturated carbocycles. The van der Waals surface area contributed by atoms with Crippen LogP contribution in [0.4, 0.5) is 0 Å². The lowest BCUT2D eigenvalue weighted by Gasteiger charge is -2.29. The van der Waals surface area contributed by atoms with Crippen LogP contribution in [0.2, 0.25) is 0 Å². The zero-order chi connectivity index (χ0) is 12.7. The van der Waals surface area contributed by atoms with Gasteiger partial charge in [-0.05, 0) is 37.8 Å². The Morgan fingerprint density at radius 2 is 1.88 bits per heavy atom. The van der Waals surface area contributed by atoms with Gasteiger partial charge >= 0.3 is 0 Å². The van der Waals surface area contributed by atoms with E-state index in [2.05, 4.69) is 18.7 Å². The van der Waals surface area contributed by atoms with Crippen molar-refractivity contribution < 1.29 is 13.5 Å². The fraction of sp³-hybridized carbons (Fsp3) is 1.00. The van der Waals surface area contributed by atoms with Crippen LogP contribution >= 0.6 is 0 Å². The molecule has 2 saturated heterocycles. The summed E-state index contributed by atoms with van der Waals surface area (Å²) in [6.07, 6.45) is 2.66. The van der Waals surface area contributed by atoms with E-state index in [-0.39, 0.29) is 17.5 Å². The molecule has 0 aromatic carbocycles. The molecule has 0 radical (unpaired) electrons. The van der Waals surface area contributed by atoms with Gasteiger partial charge in [0.25, 0.3) is 0 Å². The Morgan fingerprint density at radius 3 is 2.47 bits per heavy atom. The molecule has 2 heterocycles. The molecule has 0 amide bonds. The maximum absolute atomic E-state index is 11.5. The fourth-order valence-corrected chi connectivity index (χ4v) is 4.77. The Labute approximate surface area is 104 Å². The standard InChI is InChI=1S/C12H23NO3S/c1-12(2)4-3-6-13(7-5-12)10-8-17(15,16)9-11(10)14/h10-11,14H,3-9H2,1-2H3/t10-,11-/m0/s1. The third-order valence-corrected chi connectivity index (χ3v) is 5.84. The van der Waals surface area contributed by atoms with Crippen molar-refractivity contribution in [3.8, 4) is 0 Å². The summed E-state index contributed by atoms with van der Waals surface area (Å²) in [5, 5.41) is 9.88. The van der Waals surface area contributed by atoms with Crippen molar-refractivity contribution >= 4 is 9.84 Å². The van der Waals surface area contributed by atoms with E-state index in [9.17, 15) is 13.5 Å². The molecular weight excluding hydrogens is 238 g/mol. The first kappa shape index (κ1) is 13.3. The maximum Gasteiger partial charge on any atom is 0.154 e. The van der Waals surface area contributed by atoms with E-state index >= 15 is 0 Å². The van der Waals surface area contributed by atoms with Crippen molar-refractivity contribution in [1.82, 2.24) is 4.90 Å². The van der Waals surface area contributed by atoms with Crippen LogP contribution in [0, 0.1) is 5.41 Å². The second-order valence-corrected chi connectivity index (χ2v) is 8.42. The minimum absolute atomic E-state index is 0.0580. The average Bonchev–Trinajstić information content (AvgIpc) is 2.35. The maximum atomic E-state index is 11.5. The van der Waals surface area contributed by atoms with Crippen LogP contribution in [0.5, 0.6) is 0 Å². The normalized spacial score (nSPS) is 37.8. The first-order valence-electron chi connectivity index (χ1n) is 6.42. The highest BCUT2D eigenvalue weighted by molar-refractivity contribution is 7.91. The van der Waals surface area contributed by atoms with E-state index < -0.39 is 15.9 Å². The quantitative estimate of drug-likeness (QED) is 0.753. The number of hydrogen-bond acceptors (Lipinski definition) is 4. The fourth-order valence-electron chi connectivity index (χ4n) is 2.93. The zero-order valence-corrected chi connectivity index (χ0v) is 11.5. The first-order chi connectivity index (χ1) is 7.79. The Bertz CT molecular complexity index is 377. The highest BCUT2D eigenvalue weighted by Gasteiger charge is 2.40. The molecule has 2 atom stereocenters. The Balaban J connectivity index is 2.04. The van der Waals surface area contributed by atoms with Gasteiger partial charge in [0.2, 0.25) is 0 Å². The molecule has 17 heavy (non-hydrogen) atoms. The number of likely N-dealkylation sites (tertiary alicyclic amines) is 1. The third kappa shape index (κ3) is 3.20. The van der Waals surface area contributed by atoms with E-state index in [1.54, 1.807) is 0 Å². The molecule has 4 nitrogen and oxygen atoms in total. The van der Waals surface area contributed by atoms with Crippen LogP contribution in [0.1, 0.15) is 33.1 Å². The molecule has 0 aromatic rings. The van der Waals surface area contributed by atoms with Crippen molar-refractivity contribution in [2.45, 2.75) is 45.3 Å². The molecule has 2 aliphatic heterocycles.